The Bertz CT molecular complexity index is 910. The van der Waals surface area contributed by atoms with Crippen molar-refractivity contribution in [1.29, 1.82) is 5.41 Å². The molecule has 0 radical (unpaired) electrons. The lowest BCUT2D eigenvalue weighted by Gasteiger charge is -2.11. The first-order valence-corrected chi connectivity index (χ1v) is 9.28. The summed E-state index contributed by atoms with van der Waals surface area (Å²) in [5, 5.41) is 12.5. The maximum absolute atomic E-state index is 12.2. The summed E-state index contributed by atoms with van der Waals surface area (Å²) >= 11 is 0. The van der Waals surface area contributed by atoms with Crippen molar-refractivity contribution in [2.24, 2.45) is 5.73 Å². The fourth-order valence-electron chi connectivity index (χ4n) is 2.30. The number of guanidine groups is 1. The smallest absolute Gasteiger partial charge is 0.343 e. The predicted octanol–water partition coefficient (Wildman–Crippen LogP) is 2.28. The topological polar surface area (TPSA) is 144 Å². The molecule has 2 aromatic carbocycles. The van der Waals surface area contributed by atoms with Gasteiger partial charge in [0.25, 0.3) is 5.91 Å². The number of nitrogens with one attached hydrogen (secondary N) is 3. The number of amides is 1. The number of anilines is 1. The minimum atomic E-state index is -0.652. The van der Waals surface area contributed by atoms with E-state index in [-0.39, 0.29) is 35.8 Å². The van der Waals surface area contributed by atoms with Crippen molar-refractivity contribution in [1.82, 2.24) is 5.32 Å². The van der Waals surface area contributed by atoms with Gasteiger partial charge in [-0.05, 0) is 61.9 Å². The third kappa shape index (κ3) is 6.93. The Morgan fingerprint density at radius 3 is 2.13 bits per heavy atom. The molecule has 0 aliphatic rings. The Kier molecular flexibility index (Phi) is 7.92. The highest BCUT2D eigenvalue weighted by atomic mass is 16.5. The molecule has 0 saturated carbocycles. The van der Waals surface area contributed by atoms with E-state index in [9.17, 15) is 14.4 Å². The Balaban J connectivity index is 1.89. The highest BCUT2D eigenvalue weighted by molar-refractivity contribution is 5.94. The van der Waals surface area contributed by atoms with Crippen LogP contribution in [0.4, 0.5) is 5.69 Å². The summed E-state index contributed by atoms with van der Waals surface area (Å²) in [4.78, 5) is 35.9. The molecule has 30 heavy (non-hydrogen) atoms. The average Bonchev–Trinajstić information content (AvgIpc) is 2.72. The molecule has 5 N–H and O–H groups in total. The number of ether oxygens (including phenoxy) is 2. The largest absolute Gasteiger partial charge is 0.452 e. The number of rotatable bonds is 8. The summed E-state index contributed by atoms with van der Waals surface area (Å²) in [6.07, 6.45) is 0.777. The van der Waals surface area contributed by atoms with Crippen molar-refractivity contribution in [3.63, 3.8) is 0 Å². The van der Waals surface area contributed by atoms with Gasteiger partial charge in [-0.3, -0.25) is 10.2 Å². The van der Waals surface area contributed by atoms with Crippen LogP contribution in [0.3, 0.4) is 0 Å². The first-order chi connectivity index (χ1) is 14.3. The van der Waals surface area contributed by atoms with Gasteiger partial charge in [-0.1, -0.05) is 6.92 Å². The second kappa shape index (κ2) is 10.6. The van der Waals surface area contributed by atoms with Gasteiger partial charge >= 0.3 is 11.9 Å². The van der Waals surface area contributed by atoms with Crippen molar-refractivity contribution < 1.29 is 23.9 Å². The number of benzene rings is 2. The van der Waals surface area contributed by atoms with E-state index in [0.29, 0.717) is 11.3 Å². The number of carbonyl (C=O) groups is 3. The van der Waals surface area contributed by atoms with Gasteiger partial charge in [0.05, 0.1) is 11.1 Å². The van der Waals surface area contributed by atoms with E-state index in [1.807, 2.05) is 13.8 Å². The zero-order chi connectivity index (χ0) is 22.1. The van der Waals surface area contributed by atoms with Crippen molar-refractivity contribution in [2.45, 2.75) is 26.3 Å². The van der Waals surface area contributed by atoms with Crippen LogP contribution < -0.4 is 21.1 Å². The van der Waals surface area contributed by atoms with Gasteiger partial charge in [0.2, 0.25) is 0 Å². The SMILES string of the molecule is CCC(C)NC(=O)COC(=O)c1ccc(OC(=O)c2ccc(NC(=N)N)cc2)cc1. The van der Waals surface area contributed by atoms with Crippen LogP contribution in [0.1, 0.15) is 41.0 Å². The fourth-order valence-corrected chi connectivity index (χ4v) is 2.30. The highest BCUT2D eigenvalue weighted by Crippen LogP contribution is 2.16. The maximum Gasteiger partial charge on any atom is 0.343 e. The van der Waals surface area contributed by atoms with E-state index in [1.54, 1.807) is 12.1 Å². The number of carbonyl (C=O) groups excluding carboxylic acids is 3. The third-order valence-electron chi connectivity index (χ3n) is 4.05. The lowest BCUT2D eigenvalue weighted by Crippen LogP contribution is -2.35. The summed E-state index contributed by atoms with van der Waals surface area (Å²) in [5.74, 6) is -1.56. The van der Waals surface area contributed by atoms with Crippen LogP contribution in [0.5, 0.6) is 5.75 Å². The normalized spacial score (nSPS) is 11.1. The Morgan fingerprint density at radius 1 is 1.00 bits per heavy atom. The predicted molar refractivity (Wildman–Crippen MR) is 112 cm³/mol. The Morgan fingerprint density at radius 2 is 1.57 bits per heavy atom. The minimum absolute atomic E-state index is 0.00627. The zero-order valence-corrected chi connectivity index (χ0v) is 16.7. The lowest BCUT2D eigenvalue weighted by atomic mass is 10.2. The van der Waals surface area contributed by atoms with E-state index >= 15 is 0 Å². The van der Waals surface area contributed by atoms with Crippen molar-refractivity contribution in [2.75, 3.05) is 11.9 Å². The van der Waals surface area contributed by atoms with Crippen LogP contribution in [0.25, 0.3) is 0 Å². The standard InChI is InChI=1S/C21H24N4O5/c1-3-13(2)24-18(26)12-29-19(27)14-6-10-17(11-7-14)30-20(28)15-4-8-16(9-5-15)25-21(22)23/h4-11,13H,3,12H2,1-2H3,(H,24,26)(H4,22,23,25). The summed E-state index contributed by atoms with van der Waals surface area (Å²) in [6.45, 7) is 3.43. The summed E-state index contributed by atoms with van der Waals surface area (Å²) in [7, 11) is 0. The molecule has 9 nitrogen and oxygen atoms in total. The molecule has 0 bridgehead atoms. The molecule has 1 unspecified atom stereocenters. The molecule has 1 atom stereocenters. The van der Waals surface area contributed by atoms with Gasteiger partial charge in [-0.25, -0.2) is 9.59 Å². The number of hydrogen-bond donors (Lipinski definition) is 4. The van der Waals surface area contributed by atoms with Gasteiger partial charge in [0.1, 0.15) is 5.75 Å². The molecular weight excluding hydrogens is 388 g/mol. The van der Waals surface area contributed by atoms with E-state index in [2.05, 4.69) is 10.6 Å². The molecule has 0 aliphatic heterocycles. The molecule has 2 rings (SSSR count). The molecular formula is C21H24N4O5. The van der Waals surface area contributed by atoms with E-state index in [0.717, 1.165) is 6.42 Å². The second-order valence-corrected chi connectivity index (χ2v) is 6.48. The Labute approximate surface area is 174 Å². The highest BCUT2D eigenvalue weighted by Gasteiger charge is 2.13. The van der Waals surface area contributed by atoms with Gasteiger partial charge < -0.3 is 25.8 Å². The lowest BCUT2D eigenvalue weighted by molar-refractivity contribution is -0.124. The van der Waals surface area contributed by atoms with Crippen LogP contribution in [-0.4, -0.2) is 36.5 Å². The van der Waals surface area contributed by atoms with Gasteiger partial charge in [0, 0.05) is 11.7 Å². The number of hydrogen-bond acceptors (Lipinski definition) is 6. The number of esters is 2. The van der Waals surface area contributed by atoms with Crippen LogP contribution >= 0.6 is 0 Å². The van der Waals surface area contributed by atoms with E-state index < -0.39 is 11.9 Å². The fraction of sp³-hybridized carbons (Fsp3) is 0.238. The third-order valence-corrected chi connectivity index (χ3v) is 4.05. The van der Waals surface area contributed by atoms with Crippen LogP contribution in [0.15, 0.2) is 48.5 Å². The molecule has 1 amide bonds. The molecule has 9 heteroatoms. The second-order valence-electron chi connectivity index (χ2n) is 6.48. The first-order valence-electron chi connectivity index (χ1n) is 9.28. The molecule has 158 valence electrons. The zero-order valence-electron chi connectivity index (χ0n) is 16.7. The maximum atomic E-state index is 12.2. The van der Waals surface area contributed by atoms with Crippen molar-refractivity contribution in [3.8, 4) is 5.75 Å². The molecule has 0 aromatic heterocycles. The molecule has 2 aromatic rings. The first kappa shape index (κ1) is 22.4. The van der Waals surface area contributed by atoms with Crippen LogP contribution in [-0.2, 0) is 9.53 Å². The molecule has 0 aliphatic carbocycles. The monoisotopic (exact) mass is 412 g/mol. The van der Waals surface area contributed by atoms with E-state index in [4.69, 9.17) is 20.6 Å². The quantitative estimate of drug-likeness (QED) is 0.225. The van der Waals surface area contributed by atoms with E-state index in [1.165, 1.54) is 36.4 Å². The van der Waals surface area contributed by atoms with Crippen molar-refractivity contribution >= 4 is 29.5 Å². The molecule has 0 heterocycles. The van der Waals surface area contributed by atoms with Gasteiger partial charge in [-0.2, -0.15) is 0 Å². The van der Waals surface area contributed by atoms with Crippen LogP contribution in [0.2, 0.25) is 0 Å². The minimum Gasteiger partial charge on any atom is -0.452 e. The summed E-state index contributed by atoms with van der Waals surface area (Å²) < 4.78 is 10.2. The molecule has 0 fully saturated rings. The van der Waals surface area contributed by atoms with Crippen molar-refractivity contribution in [3.05, 3.63) is 59.7 Å². The molecule has 0 spiro atoms. The van der Waals surface area contributed by atoms with Gasteiger partial charge in [0.15, 0.2) is 12.6 Å². The van der Waals surface area contributed by atoms with Crippen LogP contribution in [0, 0.1) is 5.41 Å². The summed E-state index contributed by atoms with van der Waals surface area (Å²) in [6, 6.07) is 12.1. The average molecular weight is 412 g/mol. The molecule has 0 saturated heterocycles. The van der Waals surface area contributed by atoms with Gasteiger partial charge in [-0.15, -0.1) is 0 Å². The Hall–Kier alpha value is -3.88. The summed E-state index contributed by atoms with van der Waals surface area (Å²) in [5.41, 5.74) is 6.35. The number of nitrogens with two attached hydrogens (primary N) is 1.